The summed E-state index contributed by atoms with van der Waals surface area (Å²) in [6, 6.07) is 6.37. The maximum absolute atomic E-state index is 12.4. The van der Waals surface area contributed by atoms with Gasteiger partial charge in [0, 0.05) is 39.6 Å². The fourth-order valence-corrected chi connectivity index (χ4v) is 3.05. The van der Waals surface area contributed by atoms with Crippen LogP contribution in [0.2, 0.25) is 0 Å². The van der Waals surface area contributed by atoms with Crippen molar-refractivity contribution in [3.05, 3.63) is 24.3 Å². The lowest BCUT2D eigenvalue weighted by Crippen LogP contribution is -2.64. The SMILES string of the molecule is CN1C(=O)C2C(N=CN2CC(=O)Nc2ccc(N(C)C)cc2)N(C)C1=O. The van der Waals surface area contributed by atoms with E-state index in [1.807, 2.05) is 43.3 Å². The molecule has 2 aliphatic heterocycles. The molecule has 0 saturated carbocycles. The van der Waals surface area contributed by atoms with Crippen LogP contribution in [0, 0.1) is 0 Å². The first-order valence-corrected chi connectivity index (χ1v) is 8.20. The molecule has 1 fully saturated rings. The molecule has 2 aliphatic rings. The van der Waals surface area contributed by atoms with Crippen molar-refractivity contribution in [2.45, 2.75) is 12.2 Å². The van der Waals surface area contributed by atoms with Crippen LogP contribution in [0.5, 0.6) is 0 Å². The van der Waals surface area contributed by atoms with Crippen molar-refractivity contribution in [2.75, 3.05) is 45.0 Å². The smallest absolute Gasteiger partial charge is 0.328 e. The molecular weight excluding hydrogens is 336 g/mol. The van der Waals surface area contributed by atoms with Gasteiger partial charge >= 0.3 is 6.03 Å². The van der Waals surface area contributed by atoms with Crippen molar-refractivity contribution in [2.24, 2.45) is 4.99 Å². The highest BCUT2D eigenvalue weighted by molar-refractivity contribution is 6.02. The van der Waals surface area contributed by atoms with E-state index in [1.165, 1.54) is 18.3 Å². The van der Waals surface area contributed by atoms with E-state index in [9.17, 15) is 14.4 Å². The second-order valence-electron chi connectivity index (χ2n) is 6.58. The molecule has 2 heterocycles. The fraction of sp³-hybridized carbons (Fsp3) is 0.412. The van der Waals surface area contributed by atoms with Crippen molar-refractivity contribution >= 4 is 35.6 Å². The molecule has 1 saturated heterocycles. The van der Waals surface area contributed by atoms with E-state index in [2.05, 4.69) is 10.3 Å². The number of anilines is 2. The predicted molar refractivity (Wildman–Crippen MR) is 98.1 cm³/mol. The van der Waals surface area contributed by atoms with Gasteiger partial charge in [-0.3, -0.25) is 14.5 Å². The minimum atomic E-state index is -0.676. The van der Waals surface area contributed by atoms with Gasteiger partial charge in [0.15, 0.2) is 12.2 Å². The Kier molecular flexibility index (Phi) is 4.54. The van der Waals surface area contributed by atoms with Crippen LogP contribution < -0.4 is 10.2 Å². The molecule has 26 heavy (non-hydrogen) atoms. The Morgan fingerprint density at radius 1 is 1.19 bits per heavy atom. The molecule has 0 aliphatic carbocycles. The van der Waals surface area contributed by atoms with E-state index in [0.29, 0.717) is 5.69 Å². The number of aliphatic imine (C=N–C) groups is 1. The number of fused-ring (bicyclic) bond motifs is 1. The standard InChI is InChI=1S/C17H22N6O3/c1-20(2)12-7-5-11(6-8-12)19-13(24)9-23-10-18-15-14(23)16(25)22(4)17(26)21(15)3/h5-8,10,14-15H,9H2,1-4H3,(H,19,24). The number of carbonyl (C=O) groups excluding carboxylic acids is 3. The van der Waals surface area contributed by atoms with Crippen LogP contribution in [0.1, 0.15) is 0 Å². The Hall–Kier alpha value is -3.10. The number of rotatable bonds is 4. The molecule has 2 unspecified atom stereocenters. The van der Waals surface area contributed by atoms with Crippen molar-refractivity contribution in [3.63, 3.8) is 0 Å². The van der Waals surface area contributed by atoms with Crippen LogP contribution in [-0.2, 0) is 9.59 Å². The van der Waals surface area contributed by atoms with Crippen LogP contribution in [0.25, 0.3) is 0 Å². The largest absolute Gasteiger partial charge is 0.378 e. The van der Waals surface area contributed by atoms with Gasteiger partial charge in [-0.1, -0.05) is 0 Å². The lowest BCUT2D eigenvalue weighted by atomic mass is 10.1. The molecule has 9 nitrogen and oxygen atoms in total. The van der Waals surface area contributed by atoms with Gasteiger partial charge in [0.1, 0.15) is 0 Å². The number of likely N-dealkylation sites (N-methyl/N-ethyl adjacent to an activating group) is 2. The van der Waals surface area contributed by atoms with Crippen molar-refractivity contribution in [3.8, 4) is 0 Å². The average molecular weight is 358 g/mol. The first-order chi connectivity index (χ1) is 12.3. The van der Waals surface area contributed by atoms with Gasteiger partial charge in [-0.25, -0.2) is 9.79 Å². The summed E-state index contributed by atoms with van der Waals surface area (Å²) in [5, 5.41) is 2.81. The van der Waals surface area contributed by atoms with Crippen LogP contribution in [0.3, 0.4) is 0 Å². The molecule has 0 spiro atoms. The van der Waals surface area contributed by atoms with E-state index in [1.54, 1.807) is 11.9 Å². The molecule has 138 valence electrons. The Labute approximate surface area is 151 Å². The maximum Gasteiger partial charge on any atom is 0.328 e. The van der Waals surface area contributed by atoms with Crippen LogP contribution in [0.4, 0.5) is 16.2 Å². The lowest BCUT2D eigenvalue weighted by Gasteiger charge is -2.39. The minimum absolute atomic E-state index is 0.0261. The Morgan fingerprint density at radius 2 is 1.85 bits per heavy atom. The van der Waals surface area contributed by atoms with Gasteiger partial charge in [-0.15, -0.1) is 0 Å². The number of hydrogen-bond donors (Lipinski definition) is 1. The van der Waals surface area contributed by atoms with Crippen LogP contribution >= 0.6 is 0 Å². The molecule has 3 rings (SSSR count). The van der Waals surface area contributed by atoms with E-state index in [0.717, 1.165) is 10.6 Å². The third-order valence-corrected chi connectivity index (χ3v) is 4.57. The second kappa shape index (κ2) is 6.66. The summed E-state index contributed by atoms with van der Waals surface area (Å²) in [4.78, 5) is 47.0. The molecule has 9 heteroatoms. The summed E-state index contributed by atoms with van der Waals surface area (Å²) in [6.07, 6.45) is 0.864. The quantitative estimate of drug-likeness (QED) is 0.834. The van der Waals surface area contributed by atoms with Gasteiger partial charge < -0.3 is 20.0 Å². The molecule has 2 atom stereocenters. The molecule has 1 aromatic carbocycles. The van der Waals surface area contributed by atoms with Gasteiger partial charge in [0.05, 0.1) is 12.9 Å². The van der Waals surface area contributed by atoms with Crippen molar-refractivity contribution in [1.82, 2.24) is 14.7 Å². The molecule has 1 N–H and O–H groups in total. The lowest BCUT2D eigenvalue weighted by molar-refractivity contribution is -0.136. The Bertz CT molecular complexity index is 760. The topological polar surface area (TPSA) is 88.6 Å². The molecule has 0 bridgehead atoms. The van der Waals surface area contributed by atoms with E-state index >= 15 is 0 Å². The number of imide groups is 1. The number of carbonyl (C=O) groups is 3. The normalized spacial score (nSPS) is 21.9. The van der Waals surface area contributed by atoms with Crippen LogP contribution in [-0.4, -0.2) is 85.8 Å². The highest BCUT2D eigenvalue weighted by atomic mass is 16.2. The number of amides is 4. The third-order valence-electron chi connectivity index (χ3n) is 4.57. The van der Waals surface area contributed by atoms with Crippen LogP contribution in [0.15, 0.2) is 29.3 Å². The molecule has 1 aromatic rings. The zero-order valence-corrected chi connectivity index (χ0v) is 15.2. The van der Waals surface area contributed by atoms with Gasteiger partial charge in [0.2, 0.25) is 5.91 Å². The summed E-state index contributed by atoms with van der Waals surface area (Å²) in [6.45, 7) is -0.0261. The summed E-state index contributed by atoms with van der Waals surface area (Å²) in [5.41, 5.74) is 1.70. The summed E-state index contributed by atoms with van der Waals surface area (Å²) < 4.78 is 0. The molecule has 0 radical (unpaired) electrons. The maximum atomic E-state index is 12.4. The highest BCUT2D eigenvalue weighted by Gasteiger charge is 2.48. The summed E-state index contributed by atoms with van der Waals surface area (Å²) in [5.74, 6) is -0.622. The average Bonchev–Trinajstić information content (AvgIpc) is 3.02. The molecular formula is C17H22N6O3. The highest BCUT2D eigenvalue weighted by Crippen LogP contribution is 2.24. The predicted octanol–water partition coefficient (Wildman–Crippen LogP) is 0.254. The molecule has 4 amide bonds. The van der Waals surface area contributed by atoms with E-state index in [4.69, 9.17) is 0 Å². The summed E-state index contributed by atoms with van der Waals surface area (Å²) in [7, 11) is 6.91. The van der Waals surface area contributed by atoms with E-state index < -0.39 is 18.2 Å². The second-order valence-corrected chi connectivity index (χ2v) is 6.58. The van der Waals surface area contributed by atoms with Gasteiger partial charge in [0.25, 0.3) is 5.91 Å². The number of benzene rings is 1. The number of nitrogens with one attached hydrogen (secondary N) is 1. The Balaban J connectivity index is 1.65. The van der Waals surface area contributed by atoms with Gasteiger partial charge in [-0.2, -0.15) is 0 Å². The number of hydrogen-bond acceptors (Lipinski definition) is 6. The van der Waals surface area contributed by atoms with Crippen molar-refractivity contribution < 1.29 is 14.4 Å². The zero-order valence-electron chi connectivity index (χ0n) is 15.2. The fourth-order valence-electron chi connectivity index (χ4n) is 3.05. The van der Waals surface area contributed by atoms with Crippen molar-refractivity contribution in [1.29, 1.82) is 0 Å². The minimum Gasteiger partial charge on any atom is -0.378 e. The first-order valence-electron chi connectivity index (χ1n) is 8.20. The summed E-state index contributed by atoms with van der Waals surface area (Å²) >= 11 is 0. The van der Waals surface area contributed by atoms with Gasteiger partial charge in [-0.05, 0) is 24.3 Å². The zero-order chi connectivity index (χ0) is 19.0. The number of nitrogens with zero attached hydrogens (tertiary/aromatic N) is 5. The van der Waals surface area contributed by atoms with E-state index in [-0.39, 0.29) is 18.4 Å². The monoisotopic (exact) mass is 358 g/mol. The number of urea groups is 1. The Morgan fingerprint density at radius 3 is 2.46 bits per heavy atom. The first kappa shape index (κ1) is 17.7. The third kappa shape index (κ3) is 3.07. The molecule has 0 aromatic heterocycles.